The first-order valence-corrected chi connectivity index (χ1v) is 7.52. The number of likely N-dealkylation sites (tertiary alicyclic amines) is 1. The Bertz CT molecular complexity index is 709. The van der Waals surface area contributed by atoms with E-state index in [1.54, 1.807) is 13.1 Å². The van der Waals surface area contributed by atoms with E-state index in [4.69, 9.17) is 4.52 Å². The predicted molar refractivity (Wildman–Crippen MR) is 79.0 cm³/mol. The first-order valence-electron chi connectivity index (χ1n) is 7.52. The Morgan fingerprint density at radius 3 is 3.00 bits per heavy atom. The molecule has 1 aliphatic heterocycles. The van der Waals surface area contributed by atoms with Gasteiger partial charge in [-0.05, 0) is 31.9 Å². The van der Waals surface area contributed by atoms with Gasteiger partial charge in [0.05, 0.1) is 11.6 Å². The number of nitrogens with zero attached hydrogens (tertiary/aromatic N) is 4. The number of aryl methyl sites for hydroxylation is 1. The zero-order valence-electron chi connectivity index (χ0n) is 12.3. The first kappa shape index (κ1) is 13.2. The molecule has 2 aromatic heterocycles. The highest BCUT2D eigenvalue weighted by Gasteiger charge is 2.39. The number of hydrogen-bond acceptors (Lipinski definition) is 6. The minimum Gasteiger partial charge on any atom is -0.364 e. The van der Waals surface area contributed by atoms with Crippen molar-refractivity contribution >= 4 is 11.7 Å². The normalized spacial score (nSPS) is 21.4. The molecule has 0 radical (unpaired) electrons. The molecule has 0 bridgehead atoms. The van der Waals surface area contributed by atoms with Crippen molar-refractivity contribution in [2.75, 3.05) is 11.9 Å². The maximum Gasteiger partial charge on any atom is 0.261 e. The van der Waals surface area contributed by atoms with Crippen LogP contribution in [0.5, 0.6) is 0 Å². The van der Waals surface area contributed by atoms with Crippen LogP contribution in [0.3, 0.4) is 0 Å². The molecule has 2 fully saturated rings. The first-order chi connectivity index (χ1) is 10.7. The van der Waals surface area contributed by atoms with Crippen LogP contribution in [-0.2, 0) is 4.79 Å². The van der Waals surface area contributed by atoms with Crippen LogP contribution in [0.2, 0.25) is 0 Å². The molecule has 0 spiro atoms. The van der Waals surface area contributed by atoms with E-state index in [0.29, 0.717) is 30.0 Å². The molecule has 3 heterocycles. The maximum absolute atomic E-state index is 12.0. The quantitative estimate of drug-likeness (QED) is 0.923. The lowest BCUT2D eigenvalue weighted by Gasteiger charge is -2.17. The molecule has 7 heteroatoms. The number of carbonyl (C=O) groups excluding carboxylic acids is 1. The van der Waals surface area contributed by atoms with Crippen molar-refractivity contribution in [2.24, 2.45) is 0 Å². The van der Waals surface area contributed by atoms with Crippen molar-refractivity contribution < 1.29 is 9.32 Å². The van der Waals surface area contributed by atoms with Gasteiger partial charge in [-0.1, -0.05) is 5.16 Å². The van der Waals surface area contributed by atoms with Gasteiger partial charge in [-0.2, -0.15) is 4.98 Å². The molecule has 1 saturated heterocycles. The third kappa shape index (κ3) is 2.43. The van der Waals surface area contributed by atoms with Crippen molar-refractivity contribution in [3.8, 4) is 11.5 Å². The van der Waals surface area contributed by atoms with E-state index < -0.39 is 0 Å². The third-order valence-electron chi connectivity index (χ3n) is 4.05. The molecule has 2 aliphatic rings. The second-order valence-electron chi connectivity index (χ2n) is 5.87. The zero-order chi connectivity index (χ0) is 15.1. The van der Waals surface area contributed by atoms with Crippen LogP contribution in [0, 0.1) is 6.92 Å². The Morgan fingerprint density at radius 1 is 1.41 bits per heavy atom. The smallest absolute Gasteiger partial charge is 0.261 e. The van der Waals surface area contributed by atoms with Crippen molar-refractivity contribution in [1.82, 2.24) is 20.0 Å². The molecule has 1 aliphatic carbocycles. The Hall–Kier alpha value is -2.44. The fourth-order valence-electron chi connectivity index (χ4n) is 2.86. The summed E-state index contributed by atoms with van der Waals surface area (Å²) in [5.74, 6) is 1.94. The summed E-state index contributed by atoms with van der Waals surface area (Å²) < 4.78 is 5.23. The summed E-state index contributed by atoms with van der Waals surface area (Å²) in [6.45, 7) is 2.52. The Kier molecular flexibility index (Phi) is 3.06. The molecule has 22 heavy (non-hydrogen) atoms. The van der Waals surface area contributed by atoms with E-state index >= 15 is 0 Å². The number of aromatic nitrogens is 3. The summed E-state index contributed by atoms with van der Waals surface area (Å²) in [5.41, 5.74) is 0.764. The highest BCUT2D eigenvalue weighted by atomic mass is 16.5. The minimum absolute atomic E-state index is 0.0748. The lowest BCUT2D eigenvalue weighted by atomic mass is 10.2. The van der Waals surface area contributed by atoms with E-state index in [1.165, 1.54) is 0 Å². The summed E-state index contributed by atoms with van der Waals surface area (Å²) in [5, 5.41) is 7.18. The van der Waals surface area contributed by atoms with Crippen LogP contribution < -0.4 is 5.32 Å². The monoisotopic (exact) mass is 299 g/mol. The van der Waals surface area contributed by atoms with Crippen molar-refractivity contribution in [2.45, 2.75) is 38.3 Å². The highest BCUT2D eigenvalue weighted by Crippen LogP contribution is 2.32. The molecule has 4 rings (SSSR count). The topological polar surface area (TPSA) is 84.2 Å². The molecule has 2 aromatic rings. The van der Waals surface area contributed by atoms with Crippen LogP contribution in [0.15, 0.2) is 22.9 Å². The number of carbonyl (C=O) groups is 1. The average Bonchev–Trinajstić information content (AvgIpc) is 3.16. The number of anilines is 1. The zero-order valence-corrected chi connectivity index (χ0v) is 12.3. The SMILES string of the molecule is Cc1noc(-c2cccnc2NC2CC(=O)N(C3CC3)C2)n1. The maximum atomic E-state index is 12.0. The van der Waals surface area contributed by atoms with E-state index in [2.05, 4.69) is 20.4 Å². The standard InChI is InChI=1S/C15H17N5O2/c1-9-17-15(22-19-9)12-3-2-6-16-14(12)18-10-7-13(21)20(8-10)11-4-5-11/h2-3,6,10-11H,4-5,7-8H2,1H3,(H,16,18). The summed E-state index contributed by atoms with van der Waals surface area (Å²) in [6, 6.07) is 4.25. The van der Waals surface area contributed by atoms with Gasteiger partial charge in [0.2, 0.25) is 5.91 Å². The predicted octanol–water partition coefficient (Wildman–Crippen LogP) is 1.62. The molecule has 1 saturated carbocycles. The van der Waals surface area contributed by atoms with Crippen molar-refractivity contribution in [1.29, 1.82) is 0 Å². The second-order valence-corrected chi connectivity index (χ2v) is 5.87. The number of rotatable bonds is 4. The Balaban J connectivity index is 1.55. The summed E-state index contributed by atoms with van der Waals surface area (Å²) in [6.07, 6.45) is 4.49. The lowest BCUT2D eigenvalue weighted by molar-refractivity contribution is -0.128. The molecule has 1 amide bonds. The van der Waals surface area contributed by atoms with Gasteiger partial charge in [0.15, 0.2) is 5.82 Å². The van der Waals surface area contributed by atoms with Gasteiger partial charge in [-0.15, -0.1) is 0 Å². The average molecular weight is 299 g/mol. The van der Waals surface area contributed by atoms with Crippen LogP contribution in [0.25, 0.3) is 11.5 Å². The molecule has 114 valence electrons. The Labute approximate surface area is 127 Å². The van der Waals surface area contributed by atoms with E-state index in [-0.39, 0.29) is 11.9 Å². The summed E-state index contributed by atoms with van der Waals surface area (Å²) in [4.78, 5) is 22.6. The van der Waals surface area contributed by atoms with Gasteiger partial charge in [0, 0.05) is 25.2 Å². The van der Waals surface area contributed by atoms with Gasteiger partial charge in [0.25, 0.3) is 5.89 Å². The minimum atomic E-state index is 0.0748. The van der Waals surface area contributed by atoms with Crippen molar-refractivity contribution in [3.05, 3.63) is 24.2 Å². The van der Waals surface area contributed by atoms with E-state index in [9.17, 15) is 4.79 Å². The van der Waals surface area contributed by atoms with E-state index in [0.717, 1.165) is 24.9 Å². The van der Waals surface area contributed by atoms with Gasteiger partial charge in [0.1, 0.15) is 5.82 Å². The summed E-state index contributed by atoms with van der Waals surface area (Å²) >= 11 is 0. The number of hydrogen-bond donors (Lipinski definition) is 1. The van der Waals surface area contributed by atoms with Crippen LogP contribution in [0.1, 0.15) is 25.1 Å². The van der Waals surface area contributed by atoms with E-state index in [1.807, 2.05) is 17.0 Å². The fourth-order valence-corrected chi connectivity index (χ4v) is 2.86. The van der Waals surface area contributed by atoms with Gasteiger partial charge in [-0.3, -0.25) is 4.79 Å². The highest BCUT2D eigenvalue weighted by molar-refractivity contribution is 5.81. The van der Waals surface area contributed by atoms with Gasteiger partial charge < -0.3 is 14.7 Å². The largest absolute Gasteiger partial charge is 0.364 e. The second kappa shape index (κ2) is 5.08. The Morgan fingerprint density at radius 2 is 2.27 bits per heavy atom. The molecule has 1 N–H and O–H groups in total. The van der Waals surface area contributed by atoms with Crippen LogP contribution >= 0.6 is 0 Å². The number of pyridine rings is 1. The number of amides is 1. The lowest BCUT2D eigenvalue weighted by Crippen LogP contribution is -2.30. The summed E-state index contributed by atoms with van der Waals surface area (Å²) in [7, 11) is 0. The molecule has 0 aromatic carbocycles. The van der Waals surface area contributed by atoms with Gasteiger partial charge in [-0.25, -0.2) is 4.98 Å². The fraction of sp³-hybridized carbons (Fsp3) is 0.467. The molecule has 1 unspecified atom stereocenters. The molecular weight excluding hydrogens is 282 g/mol. The van der Waals surface area contributed by atoms with Crippen LogP contribution in [-0.4, -0.2) is 44.6 Å². The number of nitrogens with one attached hydrogen (secondary N) is 1. The molecule has 1 atom stereocenters. The molecule has 7 nitrogen and oxygen atoms in total. The van der Waals surface area contributed by atoms with Crippen molar-refractivity contribution in [3.63, 3.8) is 0 Å². The van der Waals surface area contributed by atoms with Gasteiger partial charge >= 0.3 is 0 Å². The third-order valence-corrected chi connectivity index (χ3v) is 4.05. The molecular formula is C15H17N5O2. The van der Waals surface area contributed by atoms with Crippen LogP contribution in [0.4, 0.5) is 5.82 Å².